The molecule has 2 amide bonds. The normalized spacial score (nSPS) is 38.9. The third kappa shape index (κ3) is 2.48. The minimum Gasteiger partial charge on any atom is -0.465 e. The topological polar surface area (TPSA) is 103 Å². The number of hydrogen-bond acceptors (Lipinski definition) is 5. The molecule has 4 fully saturated rings. The van der Waals surface area contributed by atoms with E-state index in [1.165, 1.54) is 18.0 Å². The Bertz CT molecular complexity index is 1120. The Morgan fingerprint density at radius 2 is 2.06 bits per heavy atom. The smallest absolute Gasteiger partial charge is 0.417 e. The highest BCUT2D eigenvalue weighted by Gasteiger charge is 2.84. The molecule has 4 heterocycles. The molecule has 11 heteroatoms. The number of rotatable bonds is 2. The van der Waals surface area contributed by atoms with Gasteiger partial charge in [-0.3, -0.25) is 9.69 Å². The van der Waals surface area contributed by atoms with Crippen LogP contribution in [0.2, 0.25) is 0 Å². The zero-order chi connectivity index (χ0) is 24.1. The third-order valence-corrected chi connectivity index (χ3v) is 8.30. The van der Waals surface area contributed by atoms with Gasteiger partial charge in [-0.25, -0.2) is 4.79 Å². The van der Waals surface area contributed by atoms with E-state index in [4.69, 9.17) is 14.7 Å². The second kappa shape index (κ2) is 6.39. The van der Waals surface area contributed by atoms with Crippen LogP contribution in [-0.4, -0.2) is 59.1 Å². The van der Waals surface area contributed by atoms with Gasteiger partial charge in [-0.1, -0.05) is 0 Å². The van der Waals surface area contributed by atoms with Crippen molar-refractivity contribution in [1.82, 2.24) is 4.90 Å². The second-order valence-electron chi connectivity index (χ2n) is 9.59. The number of hydrogen-bond donors (Lipinski definition) is 1. The third-order valence-electron chi connectivity index (χ3n) is 8.30. The monoisotopic (exact) mass is 465 g/mol. The highest BCUT2D eigenvalue weighted by atomic mass is 19.4. The fourth-order valence-electron chi connectivity index (χ4n) is 6.69. The maximum atomic E-state index is 14.0. The average molecular weight is 465 g/mol. The van der Waals surface area contributed by atoms with Gasteiger partial charge >= 0.3 is 12.3 Å². The predicted octanol–water partition coefficient (Wildman–Crippen LogP) is 3.20. The lowest BCUT2D eigenvalue weighted by Crippen LogP contribution is -2.63. The predicted molar refractivity (Wildman–Crippen MR) is 106 cm³/mol. The highest BCUT2D eigenvalue weighted by Crippen LogP contribution is 2.71. The fraction of sp³-hybridized carbons (Fsp3) is 0.591. The maximum Gasteiger partial charge on any atom is 0.417 e. The number of anilines is 1. The number of halogens is 3. The quantitative estimate of drug-likeness (QED) is 0.720. The highest BCUT2D eigenvalue weighted by molar-refractivity contribution is 6.02. The molecule has 5 rings (SSSR count). The fourth-order valence-corrected chi connectivity index (χ4v) is 6.69. The van der Waals surface area contributed by atoms with Crippen LogP contribution in [-0.2, 0) is 20.4 Å². The van der Waals surface area contributed by atoms with Crippen LogP contribution in [0.15, 0.2) is 18.2 Å². The molecule has 1 spiro atoms. The van der Waals surface area contributed by atoms with Gasteiger partial charge in [0.15, 0.2) is 0 Å². The number of fused-ring (bicyclic) bond motifs is 2. The first-order chi connectivity index (χ1) is 15.3. The van der Waals surface area contributed by atoms with Gasteiger partial charge in [-0.15, -0.1) is 0 Å². The number of nitriles is 1. The molecule has 2 bridgehead atoms. The number of amides is 2. The Labute approximate surface area is 187 Å². The van der Waals surface area contributed by atoms with E-state index >= 15 is 0 Å². The average Bonchev–Trinajstić information content (AvgIpc) is 3.26. The molecule has 1 aromatic carbocycles. The molecule has 0 saturated carbocycles. The number of carbonyl (C=O) groups is 2. The zero-order valence-corrected chi connectivity index (χ0v) is 18.1. The van der Waals surface area contributed by atoms with Crippen molar-refractivity contribution in [2.75, 3.05) is 18.6 Å². The summed E-state index contributed by atoms with van der Waals surface area (Å²) in [5, 5.41) is 18.7. The van der Waals surface area contributed by atoms with E-state index in [2.05, 4.69) is 0 Å². The molecule has 1 aromatic rings. The molecule has 0 radical (unpaired) electrons. The van der Waals surface area contributed by atoms with E-state index in [9.17, 15) is 27.9 Å². The standard InChI is InChI=1S/C22H22F3N3O5/c1-19-15-16(28(17(19)29)12-5-4-11(10-26)13(8-12)22(23,24)25)32-7-6-21(15)9-14(20(19,2)33-21)27(3)18(30)31/h4-5,8,14-16H,6-7,9H2,1-3H3,(H,30,31)/t14-,15-,16+,19-,20-,21+/m1/s1. The summed E-state index contributed by atoms with van der Waals surface area (Å²) in [6.45, 7) is 3.62. The van der Waals surface area contributed by atoms with Gasteiger partial charge in [0, 0.05) is 25.6 Å². The van der Waals surface area contributed by atoms with Crippen molar-refractivity contribution in [2.24, 2.45) is 11.3 Å². The van der Waals surface area contributed by atoms with Crippen molar-refractivity contribution in [3.05, 3.63) is 29.3 Å². The van der Waals surface area contributed by atoms with Crippen LogP contribution in [0.4, 0.5) is 23.7 Å². The number of likely N-dealkylation sites (N-methyl/N-ethyl adjacent to an activating group) is 1. The number of nitrogens with zero attached hydrogens (tertiary/aromatic N) is 3. The molecule has 4 aliphatic heterocycles. The Kier molecular flexibility index (Phi) is 4.25. The Balaban J connectivity index is 1.65. The largest absolute Gasteiger partial charge is 0.465 e. The van der Waals surface area contributed by atoms with E-state index in [0.717, 1.165) is 17.0 Å². The van der Waals surface area contributed by atoms with Crippen molar-refractivity contribution in [3.63, 3.8) is 0 Å². The van der Waals surface area contributed by atoms with Crippen LogP contribution in [0, 0.1) is 22.7 Å². The van der Waals surface area contributed by atoms with Crippen molar-refractivity contribution >= 4 is 17.7 Å². The zero-order valence-electron chi connectivity index (χ0n) is 18.1. The summed E-state index contributed by atoms with van der Waals surface area (Å²) in [5.74, 6) is -0.968. The first-order valence-electron chi connectivity index (χ1n) is 10.5. The van der Waals surface area contributed by atoms with E-state index in [1.54, 1.807) is 19.9 Å². The summed E-state index contributed by atoms with van der Waals surface area (Å²) in [6, 6.07) is 4.10. The molecule has 0 unspecified atom stereocenters. The first-order valence-corrected chi connectivity index (χ1v) is 10.5. The molecule has 4 saturated heterocycles. The molecular weight excluding hydrogens is 443 g/mol. The minimum absolute atomic E-state index is 0.0184. The number of benzene rings is 1. The summed E-state index contributed by atoms with van der Waals surface area (Å²) in [5.41, 5.74) is -4.93. The van der Waals surface area contributed by atoms with E-state index in [1.807, 2.05) is 0 Å². The van der Waals surface area contributed by atoms with Gasteiger partial charge in [-0.05, 0) is 32.0 Å². The lowest BCUT2D eigenvalue weighted by atomic mass is 9.55. The molecule has 8 nitrogen and oxygen atoms in total. The summed E-state index contributed by atoms with van der Waals surface area (Å²) >= 11 is 0. The summed E-state index contributed by atoms with van der Waals surface area (Å²) in [6.07, 6.45) is -5.97. The van der Waals surface area contributed by atoms with Gasteiger partial charge in [0.05, 0.1) is 46.8 Å². The summed E-state index contributed by atoms with van der Waals surface area (Å²) in [4.78, 5) is 28.1. The molecule has 0 aromatic heterocycles. The number of carbonyl (C=O) groups excluding carboxylic acids is 1. The van der Waals surface area contributed by atoms with Crippen molar-refractivity contribution < 1.29 is 37.3 Å². The van der Waals surface area contributed by atoms with Crippen LogP contribution < -0.4 is 4.90 Å². The van der Waals surface area contributed by atoms with Crippen LogP contribution in [0.25, 0.3) is 0 Å². The van der Waals surface area contributed by atoms with Crippen LogP contribution in [0.1, 0.15) is 37.8 Å². The lowest BCUT2D eigenvalue weighted by molar-refractivity contribution is -0.144. The number of ether oxygens (including phenoxy) is 2. The number of carboxylic acid groups (broad SMARTS) is 1. The lowest BCUT2D eigenvalue weighted by Gasteiger charge is -2.48. The number of alkyl halides is 3. The van der Waals surface area contributed by atoms with E-state index < -0.39 is 64.1 Å². The van der Waals surface area contributed by atoms with Gasteiger partial charge < -0.3 is 19.5 Å². The molecule has 176 valence electrons. The van der Waals surface area contributed by atoms with Gasteiger partial charge in [0.2, 0.25) is 5.91 Å². The van der Waals surface area contributed by atoms with Gasteiger partial charge in [0.25, 0.3) is 0 Å². The summed E-state index contributed by atoms with van der Waals surface area (Å²) < 4.78 is 53.2. The first kappa shape index (κ1) is 22.0. The molecule has 33 heavy (non-hydrogen) atoms. The van der Waals surface area contributed by atoms with Crippen LogP contribution in [0.5, 0.6) is 0 Å². The summed E-state index contributed by atoms with van der Waals surface area (Å²) in [7, 11) is 1.43. The van der Waals surface area contributed by atoms with Crippen LogP contribution in [0.3, 0.4) is 0 Å². The van der Waals surface area contributed by atoms with Crippen molar-refractivity contribution in [3.8, 4) is 6.07 Å². The Morgan fingerprint density at radius 3 is 2.67 bits per heavy atom. The van der Waals surface area contributed by atoms with Gasteiger partial charge in [0.1, 0.15) is 11.8 Å². The Morgan fingerprint density at radius 1 is 1.36 bits per heavy atom. The van der Waals surface area contributed by atoms with Crippen LogP contribution >= 0.6 is 0 Å². The van der Waals surface area contributed by atoms with Crippen molar-refractivity contribution in [1.29, 1.82) is 5.26 Å². The molecular formula is C22H22F3N3O5. The maximum absolute atomic E-state index is 14.0. The van der Waals surface area contributed by atoms with E-state index in [-0.39, 0.29) is 12.3 Å². The Hall–Kier alpha value is -2.84. The molecule has 4 aliphatic rings. The molecule has 0 aliphatic carbocycles. The SMILES string of the molecule is CN(C(=O)O)[C@@H]1C[C@@]23CCO[C@H]4[C@@H]2[C@](C)(C(=O)N4c2ccc(C#N)c(C(F)(F)F)c2)[C@]1(C)O3. The van der Waals surface area contributed by atoms with Crippen molar-refractivity contribution in [2.45, 2.75) is 56.3 Å². The minimum atomic E-state index is -4.78. The van der Waals surface area contributed by atoms with Gasteiger partial charge in [-0.2, -0.15) is 18.4 Å². The van der Waals surface area contributed by atoms with E-state index in [0.29, 0.717) is 12.8 Å². The second-order valence-corrected chi connectivity index (χ2v) is 9.59. The molecule has 1 N–H and O–H groups in total. The molecule has 6 atom stereocenters.